The van der Waals surface area contributed by atoms with Gasteiger partial charge in [-0.3, -0.25) is 9.59 Å². The van der Waals surface area contributed by atoms with E-state index < -0.39 is 5.91 Å². The smallest absolute Gasteiger partial charge is 0.276 e. The third kappa shape index (κ3) is 5.63. The monoisotopic (exact) mass is 507 g/mol. The molecule has 4 rings (SSSR count). The van der Waals surface area contributed by atoms with Gasteiger partial charge in [-0.2, -0.15) is 5.10 Å². The van der Waals surface area contributed by atoms with Gasteiger partial charge < -0.3 is 14.8 Å². The minimum absolute atomic E-state index is 0.00189. The number of ether oxygens (including phenoxy) is 2. The Kier molecular flexibility index (Phi) is 7.80. The van der Waals surface area contributed by atoms with Crippen molar-refractivity contribution in [2.45, 2.75) is 26.3 Å². The fourth-order valence-electron chi connectivity index (χ4n) is 3.98. The van der Waals surface area contributed by atoms with Crippen molar-refractivity contribution in [2.75, 3.05) is 19.5 Å². The van der Waals surface area contributed by atoms with Crippen LogP contribution in [-0.2, 0) is 11.3 Å². The number of nitrogens with one attached hydrogen (secondary N) is 1. The third-order valence-corrected chi connectivity index (χ3v) is 6.08. The molecule has 2 heterocycles. The molecule has 10 heteroatoms. The van der Waals surface area contributed by atoms with Crippen LogP contribution in [0.2, 0.25) is 5.15 Å². The molecular formula is C26H26ClN5O4. The molecule has 9 nitrogen and oxygen atoms in total. The highest BCUT2D eigenvalue weighted by Crippen LogP contribution is 2.31. The summed E-state index contributed by atoms with van der Waals surface area (Å²) >= 11 is 5.74. The molecule has 186 valence electrons. The SMILES string of the molecule is CCC1CC(=O)N(Cc2cccc(NC(=O)c3ccc(Cl)nn3)c2)N=C1c1ccc(OC)c(OC)c1. The molecule has 1 aliphatic heterocycles. The molecule has 0 fully saturated rings. The zero-order chi connectivity index (χ0) is 25.7. The van der Waals surface area contributed by atoms with Crippen LogP contribution in [-0.4, -0.2) is 47.0 Å². The van der Waals surface area contributed by atoms with Crippen molar-refractivity contribution in [1.29, 1.82) is 0 Å². The minimum Gasteiger partial charge on any atom is -0.493 e. The molecule has 0 bridgehead atoms. The predicted molar refractivity (Wildman–Crippen MR) is 136 cm³/mol. The number of anilines is 1. The van der Waals surface area contributed by atoms with E-state index in [0.717, 1.165) is 23.3 Å². The Hall–Kier alpha value is -3.98. The maximum atomic E-state index is 12.9. The number of nitrogens with zero attached hydrogens (tertiary/aromatic N) is 4. The van der Waals surface area contributed by atoms with E-state index in [1.165, 1.54) is 17.1 Å². The third-order valence-electron chi connectivity index (χ3n) is 5.88. The summed E-state index contributed by atoms with van der Waals surface area (Å²) in [4.78, 5) is 25.4. The second kappa shape index (κ2) is 11.2. The van der Waals surface area contributed by atoms with Gasteiger partial charge in [0.1, 0.15) is 0 Å². The van der Waals surface area contributed by atoms with E-state index >= 15 is 0 Å². The summed E-state index contributed by atoms with van der Waals surface area (Å²) in [5.74, 6) is 0.756. The van der Waals surface area contributed by atoms with Crippen molar-refractivity contribution in [3.8, 4) is 11.5 Å². The van der Waals surface area contributed by atoms with Crippen LogP contribution in [0.25, 0.3) is 0 Å². The van der Waals surface area contributed by atoms with Gasteiger partial charge in [-0.05, 0) is 54.4 Å². The highest BCUT2D eigenvalue weighted by Gasteiger charge is 2.30. The van der Waals surface area contributed by atoms with Gasteiger partial charge in [-0.25, -0.2) is 5.01 Å². The Morgan fingerprint density at radius 3 is 2.58 bits per heavy atom. The van der Waals surface area contributed by atoms with Gasteiger partial charge in [-0.15, -0.1) is 10.2 Å². The van der Waals surface area contributed by atoms with Crippen LogP contribution in [0.15, 0.2) is 59.7 Å². The Balaban J connectivity index is 1.56. The molecule has 0 saturated carbocycles. The van der Waals surface area contributed by atoms with Gasteiger partial charge in [0.25, 0.3) is 5.91 Å². The number of hydrogen-bond acceptors (Lipinski definition) is 7. The molecule has 1 aromatic heterocycles. The second-order valence-electron chi connectivity index (χ2n) is 8.21. The van der Waals surface area contributed by atoms with E-state index in [0.29, 0.717) is 23.6 Å². The Bertz CT molecular complexity index is 1300. The van der Waals surface area contributed by atoms with Crippen LogP contribution in [0.3, 0.4) is 0 Å². The number of amides is 2. The van der Waals surface area contributed by atoms with Crippen LogP contribution in [0.4, 0.5) is 5.69 Å². The Morgan fingerprint density at radius 2 is 1.89 bits per heavy atom. The number of benzene rings is 2. The first-order valence-electron chi connectivity index (χ1n) is 11.4. The second-order valence-corrected chi connectivity index (χ2v) is 8.60. The van der Waals surface area contributed by atoms with E-state index in [9.17, 15) is 9.59 Å². The first-order chi connectivity index (χ1) is 17.4. The molecule has 0 aliphatic carbocycles. The molecule has 0 saturated heterocycles. The molecule has 1 atom stereocenters. The molecule has 3 aromatic rings. The lowest BCUT2D eigenvalue weighted by molar-refractivity contribution is -0.133. The van der Waals surface area contributed by atoms with Gasteiger partial charge in [0.05, 0.1) is 26.5 Å². The number of hydrazone groups is 1. The van der Waals surface area contributed by atoms with Crippen molar-refractivity contribution in [3.63, 3.8) is 0 Å². The lowest BCUT2D eigenvalue weighted by Gasteiger charge is -2.29. The van der Waals surface area contributed by atoms with E-state index in [1.807, 2.05) is 31.2 Å². The van der Waals surface area contributed by atoms with Gasteiger partial charge in [0.2, 0.25) is 5.91 Å². The summed E-state index contributed by atoms with van der Waals surface area (Å²) in [5.41, 5.74) is 3.22. The normalized spacial score (nSPS) is 15.3. The predicted octanol–water partition coefficient (Wildman–Crippen LogP) is 4.56. The largest absolute Gasteiger partial charge is 0.493 e. The molecule has 0 spiro atoms. The van der Waals surface area contributed by atoms with Gasteiger partial charge in [0, 0.05) is 23.6 Å². The Labute approximate surface area is 214 Å². The maximum absolute atomic E-state index is 12.9. The van der Waals surface area contributed by atoms with Gasteiger partial charge in [-0.1, -0.05) is 30.7 Å². The van der Waals surface area contributed by atoms with Gasteiger partial charge >= 0.3 is 0 Å². The van der Waals surface area contributed by atoms with Crippen LogP contribution in [0.5, 0.6) is 11.5 Å². The fraction of sp³-hybridized carbons (Fsp3) is 0.269. The molecule has 36 heavy (non-hydrogen) atoms. The first kappa shape index (κ1) is 25.1. The zero-order valence-corrected chi connectivity index (χ0v) is 21.0. The van der Waals surface area contributed by atoms with Crippen LogP contribution in [0.1, 0.15) is 41.4 Å². The fourth-order valence-corrected chi connectivity index (χ4v) is 4.08. The van der Waals surface area contributed by atoms with Crippen molar-refractivity contribution in [2.24, 2.45) is 11.0 Å². The molecule has 1 N–H and O–H groups in total. The lowest BCUT2D eigenvalue weighted by atomic mass is 9.89. The summed E-state index contributed by atoms with van der Waals surface area (Å²) in [5, 5.41) is 16.7. The summed E-state index contributed by atoms with van der Waals surface area (Å²) < 4.78 is 10.8. The standard InChI is InChI=1S/C26H26ClN5O4/c1-4-17-14-24(33)32(31-25(17)18-8-10-21(35-2)22(13-18)36-3)15-16-6-5-7-19(12-16)28-26(34)20-9-11-23(27)30-29-20/h5-13,17H,4,14-15H2,1-3H3,(H,28,34). The summed E-state index contributed by atoms with van der Waals surface area (Å²) in [6.45, 7) is 2.30. The van der Waals surface area contributed by atoms with Gasteiger partial charge in [0.15, 0.2) is 22.3 Å². The molecule has 0 radical (unpaired) electrons. The number of aromatic nitrogens is 2. The van der Waals surface area contributed by atoms with Crippen molar-refractivity contribution in [3.05, 3.63) is 76.6 Å². The Morgan fingerprint density at radius 1 is 1.08 bits per heavy atom. The first-order valence-corrected chi connectivity index (χ1v) is 11.8. The van der Waals surface area contributed by atoms with E-state index in [-0.39, 0.29) is 29.2 Å². The number of halogens is 1. The van der Waals surface area contributed by atoms with E-state index in [1.54, 1.807) is 32.4 Å². The van der Waals surface area contributed by atoms with Crippen molar-refractivity contribution >= 4 is 34.8 Å². The van der Waals surface area contributed by atoms with Crippen molar-refractivity contribution < 1.29 is 19.1 Å². The number of carbonyl (C=O) groups excluding carboxylic acids is 2. The molecule has 2 amide bonds. The van der Waals surface area contributed by atoms with Crippen LogP contribution in [0, 0.1) is 5.92 Å². The highest BCUT2D eigenvalue weighted by atomic mass is 35.5. The summed E-state index contributed by atoms with van der Waals surface area (Å²) in [6.07, 6.45) is 1.14. The number of rotatable bonds is 8. The average molecular weight is 508 g/mol. The molecule has 1 unspecified atom stereocenters. The number of hydrogen-bond donors (Lipinski definition) is 1. The molecular weight excluding hydrogens is 482 g/mol. The molecule has 2 aromatic carbocycles. The minimum atomic E-state index is -0.412. The van der Waals surface area contributed by atoms with Crippen LogP contribution >= 0.6 is 11.6 Å². The van der Waals surface area contributed by atoms with E-state index in [4.69, 9.17) is 26.2 Å². The maximum Gasteiger partial charge on any atom is 0.276 e. The topological polar surface area (TPSA) is 106 Å². The quantitative estimate of drug-likeness (QED) is 0.479. The number of carbonyl (C=O) groups is 2. The summed E-state index contributed by atoms with van der Waals surface area (Å²) in [6, 6.07) is 15.9. The zero-order valence-electron chi connectivity index (χ0n) is 20.2. The average Bonchev–Trinajstić information content (AvgIpc) is 2.89. The highest BCUT2D eigenvalue weighted by molar-refractivity contribution is 6.29. The lowest BCUT2D eigenvalue weighted by Crippen LogP contribution is -2.36. The molecule has 1 aliphatic rings. The van der Waals surface area contributed by atoms with E-state index in [2.05, 4.69) is 15.5 Å². The number of methoxy groups -OCH3 is 2. The van der Waals surface area contributed by atoms with Crippen molar-refractivity contribution in [1.82, 2.24) is 15.2 Å². The summed E-state index contributed by atoms with van der Waals surface area (Å²) in [7, 11) is 3.17. The van der Waals surface area contributed by atoms with Crippen LogP contribution < -0.4 is 14.8 Å².